The molecule has 0 aromatic heterocycles. The molecule has 0 aliphatic heterocycles. The normalized spacial score (nSPS) is 11.5. The molecule has 0 fully saturated rings. The first-order valence-electron chi connectivity index (χ1n) is 10.2. The molecule has 0 spiro atoms. The summed E-state index contributed by atoms with van der Waals surface area (Å²) in [5, 5.41) is 19.4. The molecular formula is C26H30O2. The molecule has 0 amide bonds. The van der Waals surface area contributed by atoms with Crippen molar-refractivity contribution < 1.29 is 10.2 Å². The van der Waals surface area contributed by atoms with Gasteiger partial charge in [0.2, 0.25) is 0 Å². The zero-order valence-corrected chi connectivity index (χ0v) is 16.9. The second-order valence-corrected chi connectivity index (χ2v) is 7.73. The van der Waals surface area contributed by atoms with E-state index in [9.17, 15) is 10.2 Å². The van der Waals surface area contributed by atoms with Gasteiger partial charge >= 0.3 is 0 Å². The maximum atomic E-state index is 9.72. The summed E-state index contributed by atoms with van der Waals surface area (Å²) in [7, 11) is 0. The number of phenolic OH excluding ortho intramolecular Hbond substituents is 2. The predicted octanol–water partition coefficient (Wildman–Crippen LogP) is 6.57. The summed E-state index contributed by atoms with van der Waals surface area (Å²) in [5.74, 6) is 0.526. The highest BCUT2D eigenvalue weighted by atomic mass is 16.3. The Hall–Kier alpha value is -2.74. The van der Waals surface area contributed by atoms with Crippen LogP contribution in [-0.4, -0.2) is 10.2 Å². The molecule has 3 aromatic rings. The number of aryl methyl sites for hydroxylation is 1. The molecule has 0 saturated carbocycles. The lowest BCUT2D eigenvalue weighted by molar-refractivity contribution is 0.474. The molecule has 0 atom stereocenters. The van der Waals surface area contributed by atoms with Gasteiger partial charge < -0.3 is 10.2 Å². The summed E-state index contributed by atoms with van der Waals surface area (Å²) in [5.41, 5.74) is 4.40. The van der Waals surface area contributed by atoms with Gasteiger partial charge in [-0.2, -0.15) is 0 Å². The quantitative estimate of drug-likeness (QED) is 0.345. The summed E-state index contributed by atoms with van der Waals surface area (Å²) in [4.78, 5) is 0. The van der Waals surface area contributed by atoms with E-state index in [1.54, 1.807) is 24.3 Å². The standard InChI is InChI=1S/C26H30O2/c1-3-4-5-6-7-20-8-10-21(11-9-20)26(2,22-12-16-24(27)17-13-22)23-14-18-25(28)19-15-23/h8-19,27-28H,3-7H2,1-2H3. The lowest BCUT2D eigenvalue weighted by Gasteiger charge is -2.32. The van der Waals surface area contributed by atoms with Gasteiger partial charge in [0, 0.05) is 5.41 Å². The van der Waals surface area contributed by atoms with E-state index >= 15 is 0 Å². The zero-order valence-electron chi connectivity index (χ0n) is 16.9. The van der Waals surface area contributed by atoms with Crippen molar-refractivity contribution in [3.8, 4) is 11.5 Å². The van der Waals surface area contributed by atoms with Gasteiger partial charge in [-0.1, -0.05) is 74.7 Å². The molecule has 0 bridgehead atoms. The van der Waals surface area contributed by atoms with Crippen molar-refractivity contribution >= 4 is 0 Å². The topological polar surface area (TPSA) is 40.5 Å². The van der Waals surface area contributed by atoms with E-state index in [0.29, 0.717) is 0 Å². The first kappa shape index (κ1) is 20.0. The Bertz CT molecular complexity index is 816. The van der Waals surface area contributed by atoms with E-state index in [1.807, 2.05) is 24.3 Å². The Labute approximate surface area is 168 Å². The van der Waals surface area contributed by atoms with Crippen molar-refractivity contribution in [3.63, 3.8) is 0 Å². The molecule has 0 heterocycles. The fourth-order valence-corrected chi connectivity index (χ4v) is 3.85. The van der Waals surface area contributed by atoms with Crippen LogP contribution >= 0.6 is 0 Å². The monoisotopic (exact) mass is 374 g/mol. The van der Waals surface area contributed by atoms with Crippen molar-refractivity contribution in [2.75, 3.05) is 0 Å². The number of phenols is 2. The van der Waals surface area contributed by atoms with E-state index in [-0.39, 0.29) is 16.9 Å². The number of unbranched alkanes of at least 4 members (excludes halogenated alkanes) is 3. The Morgan fingerprint density at radius 3 is 1.46 bits per heavy atom. The molecule has 2 N–H and O–H groups in total. The van der Waals surface area contributed by atoms with Gasteiger partial charge in [0.25, 0.3) is 0 Å². The van der Waals surface area contributed by atoms with Crippen LogP contribution in [0.25, 0.3) is 0 Å². The average molecular weight is 375 g/mol. The molecule has 3 rings (SSSR count). The van der Waals surface area contributed by atoms with E-state index in [4.69, 9.17) is 0 Å². The Morgan fingerprint density at radius 2 is 1.04 bits per heavy atom. The van der Waals surface area contributed by atoms with Crippen LogP contribution in [0, 0.1) is 0 Å². The third kappa shape index (κ3) is 4.39. The fourth-order valence-electron chi connectivity index (χ4n) is 3.85. The lowest BCUT2D eigenvalue weighted by atomic mass is 9.71. The molecule has 0 radical (unpaired) electrons. The smallest absolute Gasteiger partial charge is 0.115 e. The molecule has 2 nitrogen and oxygen atoms in total. The van der Waals surface area contributed by atoms with Gasteiger partial charge in [-0.25, -0.2) is 0 Å². The van der Waals surface area contributed by atoms with Crippen molar-refractivity contribution in [1.29, 1.82) is 0 Å². The Kier molecular flexibility index (Phi) is 6.41. The van der Waals surface area contributed by atoms with Crippen molar-refractivity contribution in [1.82, 2.24) is 0 Å². The van der Waals surface area contributed by atoms with Crippen LogP contribution in [0.1, 0.15) is 61.8 Å². The summed E-state index contributed by atoms with van der Waals surface area (Å²) in [6.07, 6.45) is 6.21. The number of benzene rings is 3. The zero-order chi connectivity index (χ0) is 20.0. The maximum absolute atomic E-state index is 9.72. The van der Waals surface area contributed by atoms with Gasteiger partial charge in [0.05, 0.1) is 0 Å². The second-order valence-electron chi connectivity index (χ2n) is 7.73. The van der Waals surface area contributed by atoms with Crippen LogP contribution in [0.3, 0.4) is 0 Å². The fraction of sp³-hybridized carbons (Fsp3) is 0.308. The largest absolute Gasteiger partial charge is 0.508 e. The van der Waals surface area contributed by atoms with E-state index < -0.39 is 0 Å². The van der Waals surface area contributed by atoms with Crippen molar-refractivity contribution in [2.24, 2.45) is 0 Å². The van der Waals surface area contributed by atoms with Crippen LogP contribution in [0.5, 0.6) is 11.5 Å². The van der Waals surface area contributed by atoms with Crippen LogP contribution < -0.4 is 0 Å². The summed E-state index contributed by atoms with van der Waals surface area (Å²) in [6.45, 7) is 4.43. The summed E-state index contributed by atoms with van der Waals surface area (Å²) in [6, 6.07) is 23.7. The first-order chi connectivity index (χ1) is 13.5. The average Bonchev–Trinajstić information content (AvgIpc) is 2.72. The van der Waals surface area contributed by atoms with Gasteiger partial charge in [0.15, 0.2) is 0 Å². The number of rotatable bonds is 8. The molecule has 2 heteroatoms. The predicted molar refractivity (Wildman–Crippen MR) is 116 cm³/mol. The molecule has 0 saturated heterocycles. The minimum atomic E-state index is -0.373. The Morgan fingerprint density at radius 1 is 0.607 bits per heavy atom. The van der Waals surface area contributed by atoms with Crippen molar-refractivity contribution in [2.45, 2.75) is 51.4 Å². The van der Waals surface area contributed by atoms with Gasteiger partial charge in [-0.3, -0.25) is 0 Å². The minimum Gasteiger partial charge on any atom is -0.508 e. The van der Waals surface area contributed by atoms with E-state index in [0.717, 1.165) is 17.5 Å². The summed E-state index contributed by atoms with van der Waals surface area (Å²) < 4.78 is 0. The van der Waals surface area contributed by atoms with Crippen LogP contribution in [-0.2, 0) is 11.8 Å². The van der Waals surface area contributed by atoms with Gasteiger partial charge in [-0.15, -0.1) is 0 Å². The minimum absolute atomic E-state index is 0.263. The molecule has 28 heavy (non-hydrogen) atoms. The number of hydrogen-bond donors (Lipinski definition) is 2. The van der Waals surface area contributed by atoms with Crippen LogP contribution in [0.4, 0.5) is 0 Å². The van der Waals surface area contributed by atoms with E-state index in [2.05, 4.69) is 38.1 Å². The first-order valence-corrected chi connectivity index (χ1v) is 10.2. The van der Waals surface area contributed by atoms with E-state index in [1.165, 1.54) is 36.8 Å². The summed E-state index contributed by atoms with van der Waals surface area (Å²) >= 11 is 0. The van der Waals surface area contributed by atoms with Gasteiger partial charge in [-0.05, 0) is 66.3 Å². The molecule has 0 aliphatic carbocycles. The van der Waals surface area contributed by atoms with Crippen molar-refractivity contribution in [3.05, 3.63) is 95.1 Å². The molecule has 0 aliphatic rings. The van der Waals surface area contributed by atoms with Gasteiger partial charge in [0.1, 0.15) is 11.5 Å². The highest BCUT2D eigenvalue weighted by molar-refractivity contribution is 5.51. The highest BCUT2D eigenvalue weighted by Crippen LogP contribution is 2.40. The van der Waals surface area contributed by atoms with Crippen LogP contribution in [0.15, 0.2) is 72.8 Å². The maximum Gasteiger partial charge on any atom is 0.115 e. The van der Waals surface area contributed by atoms with Crippen LogP contribution in [0.2, 0.25) is 0 Å². The highest BCUT2D eigenvalue weighted by Gasteiger charge is 2.31. The molecule has 3 aromatic carbocycles. The molecule has 0 unspecified atom stereocenters. The second kappa shape index (κ2) is 8.97. The number of hydrogen-bond acceptors (Lipinski definition) is 2. The Balaban J connectivity index is 1.95. The number of aromatic hydroxyl groups is 2. The lowest BCUT2D eigenvalue weighted by Crippen LogP contribution is -2.25. The molecule has 146 valence electrons. The third-order valence-electron chi connectivity index (χ3n) is 5.74. The SMILES string of the molecule is CCCCCCc1ccc(C(C)(c2ccc(O)cc2)c2ccc(O)cc2)cc1. The third-order valence-corrected chi connectivity index (χ3v) is 5.74. The molecular weight excluding hydrogens is 344 g/mol.